The Balaban J connectivity index is 1.66. The predicted octanol–water partition coefficient (Wildman–Crippen LogP) is 4.84. The van der Waals surface area contributed by atoms with Gasteiger partial charge in [0.15, 0.2) is 0 Å². The van der Waals surface area contributed by atoms with E-state index in [0.717, 1.165) is 37.7 Å². The van der Waals surface area contributed by atoms with Gasteiger partial charge in [-0.1, -0.05) is 30.3 Å². The van der Waals surface area contributed by atoms with Gasteiger partial charge < -0.3 is 5.32 Å². The lowest BCUT2D eigenvalue weighted by molar-refractivity contribution is -0.176. The third kappa shape index (κ3) is 3.16. The SMILES string of the molecule is O=C(N[C@@H](c1ccccc1)C1C2CC3C[C@H]1CC(Cl)(C3)C2)C(F)(F)F. The maximum Gasteiger partial charge on any atom is 0.471 e. The fourth-order valence-electron chi connectivity index (χ4n) is 5.79. The molecule has 1 aromatic carbocycles. The highest BCUT2D eigenvalue weighted by Gasteiger charge is 2.57. The second-order valence-electron chi connectivity index (χ2n) is 8.06. The first kappa shape index (κ1) is 17.2. The molecule has 5 rings (SSSR count). The van der Waals surface area contributed by atoms with Crippen molar-refractivity contribution in [1.82, 2.24) is 5.32 Å². The molecule has 6 atom stereocenters. The van der Waals surface area contributed by atoms with Gasteiger partial charge in [0, 0.05) is 4.87 Å². The number of hydrogen-bond donors (Lipinski definition) is 1. The van der Waals surface area contributed by atoms with Crippen molar-refractivity contribution in [3.63, 3.8) is 0 Å². The first-order valence-corrected chi connectivity index (χ1v) is 9.24. The number of carbonyl (C=O) groups is 1. The number of benzene rings is 1. The number of hydrogen-bond acceptors (Lipinski definition) is 1. The zero-order chi connectivity index (χ0) is 17.8. The van der Waals surface area contributed by atoms with E-state index in [4.69, 9.17) is 11.6 Å². The molecule has 6 heteroatoms. The fraction of sp³-hybridized carbons (Fsp3) is 0.632. The molecule has 4 unspecified atom stereocenters. The molecule has 0 radical (unpaired) electrons. The third-order valence-corrected chi connectivity index (χ3v) is 6.82. The van der Waals surface area contributed by atoms with E-state index < -0.39 is 18.1 Å². The molecule has 4 fully saturated rings. The predicted molar refractivity (Wildman–Crippen MR) is 89.0 cm³/mol. The molecule has 4 saturated carbocycles. The van der Waals surface area contributed by atoms with Crippen LogP contribution in [0.5, 0.6) is 0 Å². The van der Waals surface area contributed by atoms with Gasteiger partial charge in [-0.3, -0.25) is 4.79 Å². The Bertz CT molecular complexity index is 646. The molecular weight excluding hydrogens is 351 g/mol. The first-order valence-electron chi connectivity index (χ1n) is 8.87. The number of alkyl halides is 4. The monoisotopic (exact) mass is 371 g/mol. The molecule has 0 saturated heterocycles. The Morgan fingerprint density at radius 2 is 1.72 bits per heavy atom. The molecule has 1 amide bonds. The number of halogens is 4. The maximum atomic E-state index is 12.9. The molecule has 1 aromatic rings. The lowest BCUT2D eigenvalue weighted by Crippen LogP contribution is -2.56. The van der Waals surface area contributed by atoms with E-state index in [9.17, 15) is 18.0 Å². The smallest absolute Gasteiger partial charge is 0.341 e. The fourth-order valence-corrected chi connectivity index (χ4v) is 6.41. The summed E-state index contributed by atoms with van der Waals surface area (Å²) in [6.07, 6.45) is -0.123. The average molecular weight is 372 g/mol. The van der Waals surface area contributed by atoms with E-state index in [1.165, 1.54) is 0 Å². The van der Waals surface area contributed by atoms with Crippen molar-refractivity contribution in [2.75, 3.05) is 0 Å². The minimum absolute atomic E-state index is 0.0251. The van der Waals surface area contributed by atoms with Crippen molar-refractivity contribution in [3.8, 4) is 0 Å². The quantitative estimate of drug-likeness (QED) is 0.757. The third-order valence-electron chi connectivity index (χ3n) is 6.36. The molecule has 4 aliphatic rings. The zero-order valence-corrected chi connectivity index (χ0v) is 14.5. The van der Waals surface area contributed by atoms with Crippen molar-refractivity contribution in [2.45, 2.75) is 49.2 Å². The van der Waals surface area contributed by atoms with Crippen LogP contribution < -0.4 is 5.32 Å². The Hall–Kier alpha value is -1.23. The summed E-state index contributed by atoms with van der Waals surface area (Å²) in [5, 5.41) is 2.31. The Kier molecular flexibility index (Phi) is 4.06. The lowest BCUT2D eigenvalue weighted by Gasteiger charge is -2.59. The Morgan fingerprint density at radius 3 is 2.24 bits per heavy atom. The number of amides is 1. The van der Waals surface area contributed by atoms with Crippen LogP contribution in [0.3, 0.4) is 0 Å². The van der Waals surface area contributed by atoms with Crippen molar-refractivity contribution < 1.29 is 18.0 Å². The first-order chi connectivity index (χ1) is 11.8. The minimum atomic E-state index is -4.87. The Labute approximate surface area is 150 Å². The van der Waals surface area contributed by atoms with Crippen LogP contribution in [-0.2, 0) is 4.79 Å². The van der Waals surface area contributed by atoms with Gasteiger partial charge in [0.1, 0.15) is 0 Å². The second-order valence-corrected chi connectivity index (χ2v) is 8.86. The molecule has 0 spiro atoms. The van der Waals surface area contributed by atoms with Gasteiger partial charge in [-0.2, -0.15) is 13.2 Å². The zero-order valence-electron chi connectivity index (χ0n) is 13.7. The number of carbonyl (C=O) groups excluding carboxylic acids is 1. The highest BCUT2D eigenvalue weighted by atomic mass is 35.5. The van der Waals surface area contributed by atoms with Crippen LogP contribution in [0.25, 0.3) is 0 Å². The summed E-state index contributed by atoms with van der Waals surface area (Å²) >= 11 is 6.76. The summed E-state index contributed by atoms with van der Waals surface area (Å²) in [5.41, 5.74) is 0.751. The standard InChI is InChI=1S/C19H21ClF3NO/c20-18-8-11-6-13(9-18)15(14(7-11)10-18)16(12-4-2-1-3-5-12)24-17(25)19(21,22)23/h1-5,11,13-16H,6-10H2,(H,24,25)/t11?,13-,14?,15?,16-,18?/m0/s1. The van der Waals surface area contributed by atoms with Crippen LogP contribution in [0, 0.1) is 23.7 Å². The summed E-state index contributed by atoms with van der Waals surface area (Å²) in [5.74, 6) is -0.682. The van der Waals surface area contributed by atoms with Crippen LogP contribution in [0.15, 0.2) is 30.3 Å². The van der Waals surface area contributed by atoms with Crippen LogP contribution in [0.4, 0.5) is 13.2 Å². The molecule has 25 heavy (non-hydrogen) atoms. The normalized spacial score (nSPS) is 37.8. The average Bonchev–Trinajstić information content (AvgIpc) is 2.51. The molecule has 0 heterocycles. The van der Waals surface area contributed by atoms with Crippen LogP contribution in [0.2, 0.25) is 0 Å². The van der Waals surface area contributed by atoms with Crippen LogP contribution in [0.1, 0.15) is 43.7 Å². The Morgan fingerprint density at radius 1 is 1.12 bits per heavy atom. The lowest BCUT2D eigenvalue weighted by atomic mass is 9.50. The van der Waals surface area contributed by atoms with Crippen LogP contribution in [-0.4, -0.2) is 17.0 Å². The van der Waals surface area contributed by atoms with Crippen molar-refractivity contribution >= 4 is 17.5 Å². The molecule has 0 aliphatic heterocycles. The highest BCUT2D eigenvalue weighted by molar-refractivity contribution is 6.24. The van der Waals surface area contributed by atoms with E-state index in [-0.39, 0.29) is 22.6 Å². The van der Waals surface area contributed by atoms with Gasteiger partial charge in [-0.15, -0.1) is 11.6 Å². The molecule has 1 N–H and O–H groups in total. The summed E-state index contributed by atoms with van der Waals surface area (Å²) < 4.78 is 38.6. The molecule has 2 nitrogen and oxygen atoms in total. The molecule has 4 aliphatic carbocycles. The minimum Gasteiger partial charge on any atom is -0.341 e. The topological polar surface area (TPSA) is 29.1 Å². The summed E-state index contributed by atoms with van der Waals surface area (Å²) in [7, 11) is 0. The van der Waals surface area contributed by atoms with Gasteiger partial charge in [0.25, 0.3) is 0 Å². The summed E-state index contributed by atoms with van der Waals surface area (Å²) in [4.78, 5) is 11.5. The maximum absolute atomic E-state index is 12.9. The summed E-state index contributed by atoms with van der Waals surface area (Å²) in [6.45, 7) is 0. The van der Waals surface area contributed by atoms with Gasteiger partial charge in [-0.05, 0) is 61.3 Å². The van der Waals surface area contributed by atoms with Crippen molar-refractivity contribution in [1.29, 1.82) is 0 Å². The van der Waals surface area contributed by atoms with E-state index in [1.54, 1.807) is 12.1 Å². The molecule has 0 aromatic heterocycles. The summed E-state index contributed by atoms with van der Waals surface area (Å²) in [6, 6.07) is 8.45. The van der Waals surface area contributed by atoms with E-state index in [0.29, 0.717) is 5.92 Å². The van der Waals surface area contributed by atoms with Gasteiger partial charge in [0.2, 0.25) is 0 Å². The van der Waals surface area contributed by atoms with Gasteiger partial charge in [0.05, 0.1) is 6.04 Å². The second kappa shape index (κ2) is 5.90. The van der Waals surface area contributed by atoms with Crippen molar-refractivity contribution in [3.05, 3.63) is 35.9 Å². The van der Waals surface area contributed by atoms with Gasteiger partial charge >= 0.3 is 12.1 Å². The van der Waals surface area contributed by atoms with Gasteiger partial charge in [-0.25, -0.2) is 0 Å². The molecule has 4 bridgehead atoms. The van der Waals surface area contributed by atoms with Crippen LogP contribution >= 0.6 is 11.6 Å². The highest BCUT2D eigenvalue weighted by Crippen LogP contribution is 2.62. The van der Waals surface area contributed by atoms with E-state index in [2.05, 4.69) is 5.32 Å². The molecular formula is C19H21ClF3NO. The number of rotatable bonds is 3. The van der Waals surface area contributed by atoms with E-state index >= 15 is 0 Å². The van der Waals surface area contributed by atoms with Crippen molar-refractivity contribution in [2.24, 2.45) is 23.7 Å². The number of nitrogens with one attached hydrogen (secondary N) is 1. The van der Waals surface area contributed by atoms with E-state index in [1.807, 2.05) is 18.2 Å². The largest absolute Gasteiger partial charge is 0.471 e. The molecule has 136 valence electrons.